The predicted octanol–water partition coefficient (Wildman–Crippen LogP) is 3.98. The molecule has 1 fully saturated rings. The van der Waals surface area contributed by atoms with E-state index in [1.165, 1.54) is 0 Å². The van der Waals surface area contributed by atoms with Crippen molar-refractivity contribution >= 4 is 28.5 Å². The van der Waals surface area contributed by atoms with Crippen molar-refractivity contribution in [2.24, 2.45) is 0 Å². The predicted molar refractivity (Wildman–Crippen MR) is 105 cm³/mol. The fourth-order valence-electron chi connectivity index (χ4n) is 3.48. The highest BCUT2D eigenvalue weighted by Crippen LogP contribution is 2.24. The maximum atomic E-state index is 12.4. The molecule has 0 spiro atoms. The van der Waals surface area contributed by atoms with E-state index in [1.807, 2.05) is 61.5 Å². The minimum atomic E-state index is -0.202. The average molecular weight is 362 g/mol. The number of anilines is 1. The number of carbonyl (C=O) groups excluding carboxylic acids is 2. The minimum Gasteiger partial charge on any atom is -0.459 e. The van der Waals surface area contributed by atoms with Gasteiger partial charge in [-0.2, -0.15) is 0 Å². The van der Waals surface area contributed by atoms with Crippen LogP contribution in [-0.4, -0.2) is 18.4 Å². The molecule has 1 atom stereocenters. The molecule has 0 unspecified atom stereocenters. The Kier molecular flexibility index (Phi) is 4.67. The Morgan fingerprint density at radius 2 is 1.96 bits per heavy atom. The molecule has 2 amide bonds. The molecule has 138 valence electrons. The topological polar surface area (TPSA) is 62.6 Å². The van der Waals surface area contributed by atoms with Crippen LogP contribution in [0.15, 0.2) is 59.0 Å². The molecule has 2 heterocycles. The van der Waals surface area contributed by atoms with Gasteiger partial charge in [-0.05, 0) is 43.2 Å². The van der Waals surface area contributed by atoms with Gasteiger partial charge in [-0.1, -0.05) is 30.3 Å². The van der Waals surface area contributed by atoms with Gasteiger partial charge in [0, 0.05) is 24.0 Å². The van der Waals surface area contributed by atoms with Crippen LogP contribution in [0.5, 0.6) is 0 Å². The highest BCUT2D eigenvalue weighted by atomic mass is 16.3. The monoisotopic (exact) mass is 362 g/mol. The van der Waals surface area contributed by atoms with Crippen molar-refractivity contribution in [3.05, 3.63) is 65.9 Å². The summed E-state index contributed by atoms with van der Waals surface area (Å²) in [6, 6.07) is 17.2. The molecule has 5 heteroatoms. The van der Waals surface area contributed by atoms with Crippen LogP contribution in [0.4, 0.5) is 5.69 Å². The van der Waals surface area contributed by atoms with Gasteiger partial charge in [0.05, 0.1) is 12.5 Å². The highest BCUT2D eigenvalue weighted by Gasteiger charge is 2.21. The Morgan fingerprint density at radius 1 is 1.19 bits per heavy atom. The van der Waals surface area contributed by atoms with E-state index >= 15 is 0 Å². The summed E-state index contributed by atoms with van der Waals surface area (Å²) in [7, 11) is 0. The van der Waals surface area contributed by atoms with E-state index in [4.69, 9.17) is 4.42 Å². The van der Waals surface area contributed by atoms with Crippen LogP contribution < -0.4 is 10.2 Å². The number of hydrogen-bond acceptors (Lipinski definition) is 3. The van der Waals surface area contributed by atoms with Gasteiger partial charge in [-0.15, -0.1) is 0 Å². The van der Waals surface area contributed by atoms with E-state index in [9.17, 15) is 9.59 Å². The summed E-state index contributed by atoms with van der Waals surface area (Å²) in [6.07, 6.45) is 1.81. The lowest BCUT2D eigenvalue weighted by atomic mass is 10.1. The molecular weight excluding hydrogens is 340 g/mol. The highest BCUT2D eigenvalue weighted by molar-refractivity contribution is 5.95. The number of fused-ring (bicyclic) bond motifs is 1. The Balaban J connectivity index is 1.37. The molecular formula is C22H22N2O3. The molecule has 3 aromatic rings. The molecule has 4 rings (SSSR count). The maximum Gasteiger partial charge on any atom is 0.227 e. The van der Waals surface area contributed by atoms with E-state index in [-0.39, 0.29) is 17.9 Å². The second kappa shape index (κ2) is 7.27. The van der Waals surface area contributed by atoms with Crippen molar-refractivity contribution in [2.45, 2.75) is 32.2 Å². The van der Waals surface area contributed by atoms with Crippen molar-refractivity contribution in [1.82, 2.24) is 5.32 Å². The summed E-state index contributed by atoms with van der Waals surface area (Å²) in [5, 5.41) is 4.01. The van der Waals surface area contributed by atoms with Crippen molar-refractivity contribution in [3.8, 4) is 0 Å². The maximum absolute atomic E-state index is 12.4. The Labute approximate surface area is 158 Å². The van der Waals surface area contributed by atoms with Gasteiger partial charge in [-0.3, -0.25) is 9.59 Å². The van der Waals surface area contributed by atoms with Gasteiger partial charge in [0.2, 0.25) is 11.8 Å². The number of benzene rings is 2. The third-order valence-corrected chi connectivity index (χ3v) is 4.93. The van der Waals surface area contributed by atoms with E-state index in [2.05, 4.69) is 5.32 Å². The van der Waals surface area contributed by atoms with Crippen LogP contribution in [0.25, 0.3) is 11.0 Å². The Hall–Kier alpha value is -3.08. The fourth-order valence-corrected chi connectivity index (χ4v) is 3.48. The zero-order valence-electron chi connectivity index (χ0n) is 15.3. The zero-order valence-corrected chi connectivity index (χ0v) is 15.3. The Morgan fingerprint density at radius 3 is 2.67 bits per heavy atom. The number of hydrogen-bond donors (Lipinski definition) is 1. The molecule has 27 heavy (non-hydrogen) atoms. The molecule has 0 aliphatic carbocycles. The minimum absolute atomic E-state index is 0.0621. The summed E-state index contributed by atoms with van der Waals surface area (Å²) in [5.41, 5.74) is 2.64. The molecule has 0 radical (unpaired) electrons. The molecule has 1 saturated heterocycles. The molecule has 2 aromatic carbocycles. The summed E-state index contributed by atoms with van der Waals surface area (Å²) in [6.45, 7) is 2.69. The third kappa shape index (κ3) is 3.72. The van der Waals surface area contributed by atoms with Gasteiger partial charge >= 0.3 is 0 Å². The average Bonchev–Trinajstić information content (AvgIpc) is 3.28. The third-order valence-electron chi connectivity index (χ3n) is 4.93. The fraction of sp³-hybridized carbons (Fsp3) is 0.273. The summed E-state index contributed by atoms with van der Waals surface area (Å²) < 4.78 is 5.81. The first-order valence-electron chi connectivity index (χ1n) is 9.27. The van der Waals surface area contributed by atoms with Crippen molar-refractivity contribution in [1.29, 1.82) is 0 Å². The molecule has 1 aliphatic rings. The lowest BCUT2D eigenvalue weighted by molar-refractivity contribution is -0.121. The van der Waals surface area contributed by atoms with Gasteiger partial charge in [-0.25, -0.2) is 0 Å². The van der Waals surface area contributed by atoms with E-state index < -0.39 is 0 Å². The van der Waals surface area contributed by atoms with Crippen LogP contribution in [-0.2, 0) is 16.0 Å². The summed E-state index contributed by atoms with van der Waals surface area (Å²) >= 11 is 0. The lowest BCUT2D eigenvalue weighted by Crippen LogP contribution is -2.28. The molecule has 5 nitrogen and oxygen atoms in total. The van der Waals surface area contributed by atoms with Gasteiger partial charge < -0.3 is 14.6 Å². The van der Waals surface area contributed by atoms with Crippen molar-refractivity contribution < 1.29 is 14.0 Å². The number of nitrogens with one attached hydrogen (secondary N) is 1. The SMILES string of the molecule is C[C@@H](NC(=O)Cc1ccc(N2CCCC2=O)cc1)c1cc2ccccc2o1. The zero-order chi connectivity index (χ0) is 18.8. The summed E-state index contributed by atoms with van der Waals surface area (Å²) in [5.74, 6) is 0.848. The van der Waals surface area contributed by atoms with Crippen LogP contribution >= 0.6 is 0 Å². The second-order valence-corrected chi connectivity index (χ2v) is 6.97. The number of rotatable bonds is 5. The quantitative estimate of drug-likeness (QED) is 0.747. The number of nitrogens with zero attached hydrogens (tertiary/aromatic N) is 1. The van der Waals surface area contributed by atoms with Crippen molar-refractivity contribution in [2.75, 3.05) is 11.4 Å². The van der Waals surface area contributed by atoms with Gasteiger partial charge in [0.25, 0.3) is 0 Å². The largest absolute Gasteiger partial charge is 0.459 e. The smallest absolute Gasteiger partial charge is 0.227 e. The van der Waals surface area contributed by atoms with Crippen molar-refractivity contribution in [3.63, 3.8) is 0 Å². The van der Waals surface area contributed by atoms with Crippen LogP contribution in [0, 0.1) is 0 Å². The first-order chi connectivity index (χ1) is 13.1. The standard InChI is InChI=1S/C22H22N2O3/c1-15(20-14-17-5-2-3-6-19(17)27-20)23-21(25)13-16-8-10-18(11-9-16)24-12-4-7-22(24)26/h2-3,5-6,8-11,14-15H,4,7,12-13H2,1H3,(H,23,25)/t15-/m1/s1. The van der Waals surface area contributed by atoms with Crippen LogP contribution in [0.2, 0.25) is 0 Å². The Bertz CT molecular complexity index is 942. The van der Waals surface area contributed by atoms with Gasteiger partial charge in [0.15, 0.2) is 0 Å². The van der Waals surface area contributed by atoms with E-state index in [0.29, 0.717) is 12.8 Å². The molecule has 0 bridgehead atoms. The second-order valence-electron chi connectivity index (χ2n) is 6.97. The number of furan rings is 1. The molecule has 1 aliphatic heterocycles. The van der Waals surface area contributed by atoms with Crippen LogP contribution in [0.3, 0.4) is 0 Å². The number of para-hydroxylation sites is 1. The normalized spacial score (nSPS) is 15.3. The van der Waals surface area contributed by atoms with Crippen LogP contribution in [0.1, 0.15) is 37.1 Å². The van der Waals surface area contributed by atoms with Gasteiger partial charge in [0.1, 0.15) is 11.3 Å². The first-order valence-corrected chi connectivity index (χ1v) is 9.27. The lowest BCUT2D eigenvalue weighted by Gasteiger charge is -2.16. The molecule has 1 aromatic heterocycles. The number of amides is 2. The summed E-state index contributed by atoms with van der Waals surface area (Å²) in [4.78, 5) is 26.0. The number of carbonyl (C=O) groups is 2. The first kappa shape index (κ1) is 17.3. The molecule has 0 saturated carbocycles. The molecule has 1 N–H and O–H groups in total. The van der Waals surface area contributed by atoms with E-state index in [1.54, 1.807) is 4.90 Å². The van der Waals surface area contributed by atoms with E-state index in [0.717, 1.165) is 40.9 Å².